The summed E-state index contributed by atoms with van der Waals surface area (Å²) in [6.07, 6.45) is 2.25. The number of nitrogens with zero attached hydrogens (tertiary/aromatic N) is 6. The van der Waals surface area contributed by atoms with Gasteiger partial charge in [0.2, 0.25) is 0 Å². The Morgan fingerprint density at radius 1 is 1.13 bits per heavy atom. The van der Waals surface area contributed by atoms with Gasteiger partial charge >= 0.3 is 12.4 Å². The lowest BCUT2D eigenvalue weighted by atomic mass is 9.91. The molecule has 1 aromatic carbocycles. The molecular weight excluding hydrogens is 599 g/mol. The van der Waals surface area contributed by atoms with Crippen LogP contribution in [0, 0.1) is 30.6 Å². The van der Waals surface area contributed by atoms with E-state index >= 15 is 0 Å². The van der Waals surface area contributed by atoms with E-state index in [-0.39, 0.29) is 54.6 Å². The number of hydrogen-bond donors (Lipinski definition) is 0. The second-order valence-corrected chi connectivity index (χ2v) is 14.1. The van der Waals surface area contributed by atoms with E-state index in [4.69, 9.17) is 16.0 Å². The highest BCUT2D eigenvalue weighted by Gasteiger charge is 2.36. The molecule has 240 valence electrons. The molecule has 0 fully saturated rings. The van der Waals surface area contributed by atoms with Crippen molar-refractivity contribution in [3.63, 3.8) is 0 Å². The third kappa shape index (κ3) is 7.07. The van der Waals surface area contributed by atoms with E-state index in [1.807, 2.05) is 34.6 Å². The molecule has 3 aromatic heterocycles. The van der Waals surface area contributed by atoms with Gasteiger partial charge in [-0.15, -0.1) is 4.80 Å². The van der Waals surface area contributed by atoms with Crippen molar-refractivity contribution in [3.05, 3.63) is 79.8 Å². The molecule has 4 aromatic rings. The number of carbonyl (C=O) groups is 1. The Labute approximate surface area is 265 Å². The topological polar surface area (TPSA) is 115 Å². The number of fused-ring (bicyclic) bond motifs is 1. The fourth-order valence-electron chi connectivity index (χ4n) is 5.01. The molecule has 0 spiro atoms. The monoisotopic (exact) mass is 638 g/mol. The number of hydrogen-bond acceptors (Lipinski definition) is 8. The lowest BCUT2D eigenvalue weighted by Crippen LogP contribution is -2.53. The minimum Gasteiger partial charge on any atom is -0.425 e. The molecule has 3 heterocycles. The first-order valence-corrected chi connectivity index (χ1v) is 15.4. The number of aryl methyl sites for hydroxylation is 1. The Balaban J connectivity index is 2.03. The maximum Gasteiger partial charge on any atom is 0.357 e. The summed E-state index contributed by atoms with van der Waals surface area (Å²) < 4.78 is 29.2. The Bertz CT molecular complexity index is 1860. The van der Waals surface area contributed by atoms with Crippen LogP contribution in [0.15, 0.2) is 40.2 Å². The Morgan fingerprint density at radius 3 is 2.40 bits per heavy atom. The lowest BCUT2D eigenvalue weighted by molar-refractivity contribution is -0.127. The van der Waals surface area contributed by atoms with Gasteiger partial charge in [0.05, 0.1) is 30.9 Å². The van der Waals surface area contributed by atoms with E-state index in [0.29, 0.717) is 21.0 Å². The van der Waals surface area contributed by atoms with Crippen molar-refractivity contribution in [1.29, 1.82) is 0 Å². The summed E-state index contributed by atoms with van der Waals surface area (Å²) in [7, 11) is 0. The van der Waals surface area contributed by atoms with E-state index in [1.54, 1.807) is 20.8 Å². The summed E-state index contributed by atoms with van der Waals surface area (Å²) in [6, 6.07) is 3.91. The van der Waals surface area contributed by atoms with Crippen molar-refractivity contribution in [2.75, 3.05) is 13.3 Å². The van der Waals surface area contributed by atoms with Gasteiger partial charge in [-0.3, -0.25) is 19.0 Å². The van der Waals surface area contributed by atoms with Crippen molar-refractivity contribution >= 4 is 27.3 Å². The van der Waals surface area contributed by atoms with Crippen LogP contribution in [0.4, 0.5) is 4.39 Å². The molecule has 0 unspecified atom stereocenters. The minimum absolute atomic E-state index is 0.0100. The van der Waals surface area contributed by atoms with E-state index in [2.05, 4.69) is 15.0 Å². The van der Waals surface area contributed by atoms with Crippen LogP contribution in [-0.4, -0.2) is 43.2 Å². The summed E-state index contributed by atoms with van der Waals surface area (Å²) in [5.41, 5.74) is -2.23. The van der Waals surface area contributed by atoms with Crippen LogP contribution in [0.1, 0.15) is 72.1 Å². The Morgan fingerprint density at radius 2 is 1.80 bits per heavy atom. The molecule has 0 aliphatic heterocycles. The Kier molecular flexibility index (Phi) is 9.80. The predicted octanol–water partition coefficient (Wildman–Crippen LogP) is 5.66. The fourth-order valence-corrected chi connectivity index (χ4v) is 6.23. The molecular formula is C32H39FN6O5S. The summed E-state index contributed by atoms with van der Waals surface area (Å²) in [4.78, 5) is 47.2. The second kappa shape index (κ2) is 13.1. The van der Waals surface area contributed by atoms with E-state index < -0.39 is 28.7 Å². The first kappa shape index (κ1) is 33.7. The first-order chi connectivity index (χ1) is 21.1. The summed E-state index contributed by atoms with van der Waals surface area (Å²) in [5, 5.41) is 9.24. The van der Waals surface area contributed by atoms with Gasteiger partial charge in [-0.1, -0.05) is 46.0 Å². The van der Waals surface area contributed by atoms with Crippen molar-refractivity contribution in [2.24, 2.45) is 11.3 Å². The quantitative estimate of drug-likeness (QED) is 0.184. The maximum absolute atomic E-state index is 14.7. The summed E-state index contributed by atoms with van der Waals surface area (Å²) in [5.74, 6) is -0.563. The van der Waals surface area contributed by atoms with Crippen LogP contribution in [0.5, 0.6) is 5.75 Å². The standard InChI is InChI=1S/C32H39FN6O5S/c1-19(2)14-25(40)32(7,8)38-27(41)26-20(3)28(39-35-12-13-36-39)45-29(26)37(30(38)42)16-24(43-17-31(4,5)6)22-15-21(33)10-11-23(22)44-18-34-9/h10-13,15,19,24H,14,16-18H2,1-8H3/t24-/m0/s1. The van der Waals surface area contributed by atoms with Crippen molar-refractivity contribution < 1.29 is 18.7 Å². The zero-order valence-electron chi connectivity index (χ0n) is 26.9. The average molecular weight is 639 g/mol. The highest BCUT2D eigenvalue weighted by atomic mass is 32.1. The number of Topliss-reactive ketones (excluding diaryl/α,β-unsaturated/α-hetero) is 1. The third-order valence-corrected chi connectivity index (χ3v) is 8.57. The Hall–Kier alpha value is -4.15. The number of benzene rings is 1. The van der Waals surface area contributed by atoms with Crippen LogP contribution in [0.2, 0.25) is 0 Å². The zero-order valence-corrected chi connectivity index (χ0v) is 27.7. The molecule has 0 amide bonds. The second-order valence-electron chi connectivity index (χ2n) is 13.1. The molecule has 0 saturated carbocycles. The summed E-state index contributed by atoms with van der Waals surface area (Å²) >= 11 is 1.16. The van der Waals surface area contributed by atoms with Gasteiger partial charge in [0.1, 0.15) is 33.0 Å². The van der Waals surface area contributed by atoms with E-state index in [9.17, 15) is 18.8 Å². The summed E-state index contributed by atoms with van der Waals surface area (Å²) in [6.45, 7) is 21.6. The van der Waals surface area contributed by atoms with E-state index in [0.717, 1.165) is 15.9 Å². The van der Waals surface area contributed by atoms with E-state index in [1.165, 1.54) is 40.0 Å². The number of ether oxygens (including phenoxy) is 2. The highest BCUT2D eigenvalue weighted by molar-refractivity contribution is 7.21. The number of ketones is 1. The van der Waals surface area contributed by atoms with Crippen molar-refractivity contribution in [3.8, 4) is 10.8 Å². The van der Waals surface area contributed by atoms with Gasteiger partial charge in [0.25, 0.3) is 5.56 Å². The molecule has 13 heteroatoms. The van der Waals surface area contributed by atoms with Gasteiger partial charge in [-0.2, -0.15) is 10.2 Å². The van der Waals surface area contributed by atoms with Crippen LogP contribution >= 0.6 is 11.3 Å². The predicted molar refractivity (Wildman–Crippen MR) is 170 cm³/mol. The number of aromatic nitrogens is 5. The van der Waals surface area contributed by atoms with Crippen LogP contribution in [-0.2, 0) is 21.6 Å². The average Bonchev–Trinajstić information content (AvgIpc) is 3.59. The third-order valence-electron chi connectivity index (χ3n) is 7.29. The SMILES string of the molecule is [C-]#[N+]COc1ccc(F)cc1[C@H](Cn1c(=O)n(C(C)(C)C(=O)CC(C)C)c(=O)c2c(C)c(-n3nccn3)sc21)OCC(C)(C)C. The van der Waals surface area contributed by atoms with Crippen LogP contribution in [0.25, 0.3) is 20.1 Å². The zero-order chi connectivity index (χ0) is 33.3. The van der Waals surface area contributed by atoms with Crippen molar-refractivity contribution in [2.45, 2.75) is 80.0 Å². The number of halogens is 1. The number of thiophene rings is 1. The van der Waals surface area contributed by atoms with Gasteiger partial charge in [0, 0.05) is 17.5 Å². The smallest absolute Gasteiger partial charge is 0.357 e. The molecule has 11 nitrogen and oxygen atoms in total. The number of rotatable bonds is 12. The highest BCUT2D eigenvalue weighted by Crippen LogP contribution is 2.35. The number of carbonyl (C=O) groups excluding carboxylic acids is 1. The molecule has 0 aliphatic carbocycles. The van der Waals surface area contributed by atoms with Gasteiger partial charge in [-0.25, -0.2) is 20.3 Å². The molecule has 0 radical (unpaired) electrons. The molecule has 0 saturated heterocycles. The molecule has 45 heavy (non-hydrogen) atoms. The van der Waals surface area contributed by atoms with Crippen LogP contribution in [0.3, 0.4) is 0 Å². The minimum atomic E-state index is -1.47. The molecule has 0 bridgehead atoms. The molecule has 1 atom stereocenters. The molecule has 0 aliphatic rings. The maximum atomic E-state index is 14.7. The fraction of sp³-hybridized carbons (Fsp3) is 0.500. The van der Waals surface area contributed by atoms with Gasteiger partial charge < -0.3 is 9.47 Å². The largest absolute Gasteiger partial charge is 0.425 e. The van der Waals surface area contributed by atoms with Crippen LogP contribution < -0.4 is 16.0 Å². The normalized spacial score (nSPS) is 12.9. The first-order valence-electron chi connectivity index (χ1n) is 14.6. The molecule has 4 rings (SSSR count). The van der Waals surface area contributed by atoms with Gasteiger partial charge in [0.15, 0.2) is 5.78 Å². The van der Waals surface area contributed by atoms with Gasteiger partial charge in [-0.05, 0) is 50.3 Å². The molecule has 0 N–H and O–H groups in total. The lowest BCUT2D eigenvalue weighted by Gasteiger charge is -2.29. The van der Waals surface area contributed by atoms with Crippen molar-refractivity contribution in [1.82, 2.24) is 24.1 Å².